The van der Waals surface area contributed by atoms with Crippen molar-refractivity contribution in [3.63, 3.8) is 0 Å². The predicted molar refractivity (Wildman–Crippen MR) is 91.6 cm³/mol. The largest absolute Gasteiger partial charge is 0.383 e. The highest BCUT2D eigenvalue weighted by Gasteiger charge is 2.21. The van der Waals surface area contributed by atoms with E-state index in [1.165, 1.54) is 34.5 Å². The molecule has 2 aromatic heterocycles. The maximum atomic E-state index is 12.4. The second-order valence-electron chi connectivity index (χ2n) is 4.82. The number of carbonyl (C=O) groups is 2. The van der Waals surface area contributed by atoms with Gasteiger partial charge in [-0.15, -0.1) is 11.3 Å². The van der Waals surface area contributed by atoms with Crippen molar-refractivity contribution in [3.8, 4) is 0 Å². The van der Waals surface area contributed by atoms with Gasteiger partial charge in [-0.1, -0.05) is 11.3 Å². The minimum absolute atomic E-state index is 0.140. The van der Waals surface area contributed by atoms with Crippen molar-refractivity contribution < 1.29 is 14.3 Å². The minimum atomic E-state index is -0.268. The van der Waals surface area contributed by atoms with Gasteiger partial charge in [-0.2, -0.15) is 0 Å². The van der Waals surface area contributed by atoms with Crippen molar-refractivity contribution in [2.45, 2.75) is 20.8 Å². The van der Waals surface area contributed by atoms with Crippen LogP contribution >= 0.6 is 22.7 Å². The number of rotatable bonds is 6. The number of amides is 2. The number of thiazole rings is 2. The fourth-order valence-corrected chi connectivity index (χ4v) is 3.56. The number of anilines is 2. The quantitative estimate of drug-likeness (QED) is 0.861. The van der Waals surface area contributed by atoms with E-state index in [4.69, 9.17) is 4.74 Å². The van der Waals surface area contributed by atoms with Gasteiger partial charge in [-0.25, -0.2) is 9.97 Å². The zero-order valence-electron chi connectivity index (χ0n) is 13.4. The highest BCUT2D eigenvalue weighted by Crippen LogP contribution is 2.27. The zero-order chi connectivity index (χ0) is 17.0. The Morgan fingerprint density at radius 3 is 2.65 bits per heavy atom. The fourth-order valence-electron chi connectivity index (χ4n) is 1.84. The first-order valence-corrected chi connectivity index (χ1v) is 8.60. The van der Waals surface area contributed by atoms with Gasteiger partial charge in [0.15, 0.2) is 10.3 Å². The molecule has 0 saturated carbocycles. The smallest absolute Gasteiger partial charge is 0.269 e. The third-order valence-corrected chi connectivity index (χ3v) is 5.02. The van der Waals surface area contributed by atoms with Crippen molar-refractivity contribution in [1.82, 2.24) is 9.97 Å². The number of carbonyl (C=O) groups excluding carboxylic acids is 2. The van der Waals surface area contributed by atoms with E-state index in [2.05, 4.69) is 15.3 Å². The molecule has 0 saturated heterocycles. The first-order chi connectivity index (χ1) is 10.9. The molecule has 2 rings (SSSR count). The lowest BCUT2D eigenvalue weighted by Crippen LogP contribution is -2.31. The van der Waals surface area contributed by atoms with Crippen molar-refractivity contribution in [3.05, 3.63) is 21.6 Å². The molecule has 0 radical (unpaired) electrons. The number of hydrogen-bond acceptors (Lipinski definition) is 7. The van der Waals surface area contributed by atoms with Crippen LogP contribution in [0.15, 0.2) is 5.38 Å². The summed E-state index contributed by atoms with van der Waals surface area (Å²) < 4.78 is 5.01. The summed E-state index contributed by atoms with van der Waals surface area (Å²) in [5.41, 5.74) is 1.44. The van der Waals surface area contributed by atoms with E-state index in [1.807, 2.05) is 12.3 Å². The molecule has 7 nitrogen and oxygen atoms in total. The second kappa shape index (κ2) is 7.62. The van der Waals surface area contributed by atoms with Crippen molar-refractivity contribution in [1.29, 1.82) is 0 Å². The molecular formula is C14H18N4O3S2. The van der Waals surface area contributed by atoms with Gasteiger partial charge in [0.2, 0.25) is 5.91 Å². The Hall–Kier alpha value is -1.84. The molecule has 0 aromatic carbocycles. The third-order valence-electron chi connectivity index (χ3n) is 2.96. The lowest BCUT2D eigenvalue weighted by molar-refractivity contribution is -0.116. The van der Waals surface area contributed by atoms with E-state index >= 15 is 0 Å². The summed E-state index contributed by atoms with van der Waals surface area (Å²) in [5.74, 6) is -0.408. The van der Waals surface area contributed by atoms with Gasteiger partial charge >= 0.3 is 0 Å². The molecule has 0 bridgehead atoms. The van der Waals surface area contributed by atoms with Crippen LogP contribution in [-0.4, -0.2) is 42.0 Å². The Morgan fingerprint density at radius 2 is 2.09 bits per heavy atom. The van der Waals surface area contributed by atoms with Crippen LogP contribution in [0.4, 0.5) is 10.3 Å². The Kier molecular flexibility index (Phi) is 5.80. The highest BCUT2D eigenvalue weighted by atomic mass is 32.1. The van der Waals surface area contributed by atoms with E-state index < -0.39 is 0 Å². The molecule has 0 atom stereocenters. The van der Waals surface area contributed by atoms with E-state index in [0.717, 1.165) is 5.69 Å². The summed E-state index contributed by atoms with van der Waals surface area (Å²) in [5, 5.41) is 5.66. The van der Waals surface area contributed by atoms with Crippen molar-refractivity contribution in [2.24, 2.45) is 0 Å². The van der Waals surface area contributed by atoms with Crippen molar-refractivity contribution >= 4 is 44.8 Å². The molecule has 23 heavy (non-hydrogen) atoms. The Morgan fingerprint density at radius 1 is 1.35 bits per heavy atom. The predicted octanol–water partition coefficient (Wildman–Crippen LogP) is 2.47. The Labute approximate surface area is 142 Å². The van der Waals surface area contributed by atoms with E-state index in [0.29, 0.717) is 34.0 Å². The third kappa shape index (κ3) is 4.34. The molecule has 2 amide bonds. The normalized spacial score (nSPS) is 10.6. The molecule has 0 aliphatic heterocycles. The Balaban J connectivity index is 2.18. The van der Waals surface area contributed by atoms with E-state index in [-0.39, 0.29) is 11.8 Å². The number of ether oxygens (including phenoxy) is 1. The maximum absolute atomic E-state index is 12.4. The number of aromatic nitrogens is 2. The number of nitrogens with one attached hydrogen (secondary N) is 1. The van der Waals surface area contributed by atoms with Gasteiger partial charge in [0, 0.05) is 19.4 Å². The average Bonchev–Trinajstić information content (AvgIpc) is 3.05. The number of methoxy groups -OCH3 is 1. The topological polar surface area (TPSA) is 84.4 Å². The van der Waals surface area contributed by atoms with Gasteiger partial charge in [0.05, 0.1) is 24.5 Å². The lowest BCUT2D eigenvalue weighted by Gasteiger charge is -2.16. The van der Waals surface area contributed by atoms with Gasteiger partial charge in [-0.3, -0.25) is 19.8 Å². The van der Waals surface area contributed by atoms with E-state index in [1.54, 1.807) is 14.0 Å². The van der Waals surface area contributed by atoms with Crippen LogP contribution in [0.25, 0.3) is 0 Å². The number of aryl methyl sites for hydroxylation is 2. The Bertz CT molecular complexity index is 711. The van der Waals surface area contributed by atoms with Crippen LogP contribution in [0.1, 0.15) is 28.0 Å². The van der Waals surface area contributed by atoms with Crippen LogP contribution in [0.5, 0.6) is 0 Å². The minimum Gasteiger partial charge on any atom is -0.383 e. The van der Waals surface area contributed by atoms with Crippen LogP contribution in [-0.2, 0) is 9.53 Å². The van der Waals surface area contributed by atoms with Crippen molar-refractivity contribution in [2.75, 3.05) is 30.5 Å². The monoisotopic (exact) mass is 354 g/mol. The number of hydrogen-bond donors (Lipinski definition) is 1. The van der Waals surface area contributed by atoms with Crippen LogP contribution in [0, 0.1) is 13.8 Å². The standard InChI is InChI=1S/C14H18N4O3S2/c1-8-7-22-13(15-8)17-12(20)11-9(2)16-14(23-11)18(10(3)19)5-6-21-4/h7H,5-6H2,1-4H3,(H,15,17,20). The summed E-state index contributed by atoms with van der Waals surface area (Å²) >= 11 is 2.55. The SMILES string of the molecule is COCCN(C(C)=O)c1nc(C)c(C(=O)Nc2nc(C)cs2)s1. The molecule has 0 unspecified atom stereocenters. The molecule has 1 N–H and O–H groups in total. The fraction of sp³-hybridized carbons (Fsp3) is 0.429. The summed E-state index contributed by atoms with van der Waals surface area (Å²) in [6.45, 7) is 5.87. The molecular weight excluding hydrogens is 336 g/mol. The van der Waals surface area contributed by atoms with Crippen LogP contribution in [0.2, 0.25) is 0 Å². The van der Waals surface area contributed by atoms with Gasteiger partial charge < -0.3 is 4.74 Å². The van der Waals surface area contributed by atoms with Gasteiger partial charge in [-0.05, 0) is 13.8 Å². The molecule has 0 aliphatic carbocycles. The molecule has 9 heteroatoms. The van der Waals surface area contributed by atoms with Crippen LogP contribution < -0.4 is 10.2 Å². The summed E-state index contributed by atoms with van der Waals surface area (Å²) in [6.07, 6.45) is 0. The first kappa shape index (κ1) is 17.5. The maximum Gasteiger partial charge on any atom is 0.269 e. The summed E-state index contributed by atoms with van der Waals surface area (Å²) in [4.78, 5) is 34.6. The lowest BCUT2D eigenvalue weighted by atomic mass is 10.4. The van der Waals surface area contributed by atoms with E-state index in [9.17, 15) is 9.59 Å². The molecule has 2 heterocycles. The summed E-state index contributed by atoms with van der Waals surface area (Å²) in [6, 6.07) is 0. The van der Waals surface area contributed by atoms with Gasteiger partial charge in [0.25, 0.3) is 5.91 Å². The number of nitrogens with zero attached hydrogens (tertiary/aromatic N) is 3. The molecule has 0 fully saturated rings. The summed E-state index contributed by atoms with van der Waals surface area (Å²) in [7, 11) is 1.57. The second-order valence-corrected chi connectivity index (χ2v) is 6.66. The molecule has 124 valence electrons. The molecule has 0 aliphatic rings. The molecule has 0 spiro atoms. The van der Waals surface area contributed by atoms with Gasteiger partial charge in [0.1, 0.15) is 4.88 Å². The zero-order valence-corrected chi connectivity index (χ0v) is 15.0. The highest BCUT2D eigenvalue weighted by molar-refractivity contribution is 7.18. The average molecular weight is 354 g/mol. The van der Waals surface area contributed by atoms with Crippen LogP contribution in [0.3, 0.4) is 0 Å². The molecule has 2 aromatic rings. The first-order valence-electron chi connectivity index (χ1n) is 6.90.